The predicted molar refractivity (Wildman–Crippen MR) is 83.9 cm³/mol. The lowest BCUT2D eigenvalue weighted by molar-refractivity contribution is -0.122. The van der Waals surface area contributed by atoms with E-state index in [0.29, 0.717) is 19.0 Å². The molecule has 0 saturated heterocycles. The van der Waals surface area contributed by atoms with Gasteiger partial charge in [0.2, 0.25) is 5.91 Å². The first-order valence-corrected chi connectivity index (χ1v) is 7.91. The van der Waals surface area contributed by atoms with Crippen molar-refractivity contribution in [1.29, 1.82) is 0 Å². The number of fused-ring (bicyclic) bond motifs is 1. The maximum atomic E-state index is 12.1. The van der Waals surface area contributed by atoms with E-state index in [0.717, 1.165) is 29.8 Å². The summed E-state index contributed by atoms with van der Waals surface area (Å²) >= 11 is 0. The Morgan fingerprint density at radius 3 is 3.10 bits per heavy atom. The Morgan fingerprint density at radius 1 is 1.38 bits per heavy atom. The third-order valence-electron chi connectivity index (χ3n) is 4.41. The molecule has 0 radical (unpaired) electrons. The summed E-state index contributed by atoms with van der Waals surface area (Å²) in [5, 5.41) is 3.19. The fourth-order valence-electron chi connectivity index (χ4n) is 3.28. The van der Waals surface area contributed by atoms with Gasteiger partial charge in [-0.15, -0.1) is 0 Å². The molecule has 4 nitrogen and oxygen atoms in total. The van der Waals surface area contributed by atoms with Crippen molar-refractivity contribution in [3.63, 3.8) is 0 Å². The number of carbonyl (C=O) groups is 1. The van der Waals surface area contributed by atoms with Gasteiger partial charge in [0.05, 0.1) is 17.4 Å². The highest BCUT2D eigenvalue weighted by molar-refractivity contribution is 5.77. The predicted octanol–water partition coefficient (Wildman–Crippen LogP) is 3.12. The second kappa shape index (κ2) is 6.29. The average molecular weight is 285 g/mol. The van der Waals surface area contributed by atoms with Crippen LogP contribution in [0.3, 0.4) is 0 Å². The van der Waals surface area contributed by atoms with Crippen molar-refractivity contribution in [2.45, 2.75) is 51.6 Å². The average Bonchev–Trinajstić information content (AvgIpc) is 2.88. The molecule has 0 spiro atoms. The molecule has 1 N–H and O–H groups in total. The van der Waals surface area contributed by atoms with Crippen LogP contribution < -0.4 is 5.32 Å². The number of hydrogen-bond donors (Lipinski definition) is 1. The number of nitrogens with zero attached hydrogens (tertiary/aromatic N) is 2. The molecule has 2 aromatic rings. The lowest BCUT2D eigenvalue weighted by Crippen LogP contribution is -2.38. The first-order valence-electron chi connectivity index (χ1n) is 7.91. The minimum atomic E-state index is 0.159. The molecule has 3 rings (SSSR count). The molecule has 112 valence electrons. The summed E-state index contributed by atoms with van der Waals surface area (Å²) < 4.78 is 2.05. The van der Waals surface area contributed by atoms with E-state index in [-0.39, 0.29) is 5.91 Å². The van der Waals surface area contributed by atoms with Crippen LogP contribution in [0.5, 0.6) is 0 Å². The molecule has 1 aromatic heterocycles. The lowest BCUT2D eigenvalue weighted by Gasteiger charge is -2.27. The molecule has 1 heterocycles. The summed E-state index contributed by atoms with van der Waals surface area (Å²) in [4.78, 5) is 16.5. The Bertz CT molecular complexity index is 619. The van der Waals surface area contributed by atoms with Gasteiger partial charge in [0, 0.05) is 19.0 Å². The van der Waals surface area contributed by atoms with Crippen LogP contribution in [0.2, 0.25) is 0 Å². The quantitative estimate of drug-likeness (QED) is 0.938. The highest BCUT2D eigenvalue weighted by Gasteiger charge is 2.20. The largest absolute Gasteiger partial charge is 0.353 e. The lowest BCUT2D eigenvalue weighted by atomic mass is 9.87. The molecular formula is C17H23N3O. The molecule has 0 bridgehead atoms. The molecule has 2 unspecified atom stereocenters. The van der Waals surface area contributed by atoms with Gasteiger partial charge >= 0.3 is 0 Å². The van der Waals surface area contributed by atoms with E-state index in [1.807, 2.05) is 30.6 Å². The number of aromatic nitrogens is 2. The van der Waals surface area contributed by atoms with Crippen LogP contribution in [0.4, 0.5) is 0 Å². The summed E-state index contributed by atoms with van der Waals surface area (Å²) in [5.41, 5.74) is 2.08. The van der Waals surface area contributed by atoms with E-state index in [1.54, 1.807) is 0 Å². The van der Waals surface area contributed by atoms with Crippen LogP contribution in [-0.4, -0.2) is 21.5 Å². The van der Waals surface area contributed by atoms with E-state index in [9.17, 15) is 4.79 Å². The van der Waals surface area contributed by atoms with Gasteiger partial charge in [0.1, 0.15) is 0 Å². The zero-order valence-corrected chi connectivity index (χ0v) is 12.6. The Kier molecular flexibility index (Phi) is 4.23. The number of carbonyl (C=O) groups excluding carboxylic acids is 1. The summed E-state index contributed by atoms with van der Waals surface area (Å²) in [6.45, 7) is 2.96. The Balaban J connectivity index is 1.54. The van der Waals surface area contributed by atoms with Crippen LogP contribution in [0.25, 0.3) is 11.0 Å². The van der Waals surface area contributed by atoms with Crippen molar-refractivity contribution in [3.8, 4) is 0 Å². The third-order valence-corrected chi connectivity index (χ3v) is 4.41. The molecule has 21 heavy (non-hydrogen) atoms. The van der Waals surface area contributed by atoms with E-state index in [4.69, 9.17) is 0 Å². The van der Waals surface area contributed by atoms with Gasteiger partial charge in [0.15, 0.2) is 0 Å². The van der Waals surface area contributed by atoms with Crippen molar-refractivity contribution in [2.75, 3.05) is 0 Å². The minimum absolute atomic E-state index is 0.159. The van der Waals surface area contributed by atoms with E-state index >= 15 is 0 Å². The number of imidazole rings is 1. The van der Waals surface area contributed by atoms with Crippen LogP contribution in [-0.2, 0) is 11.3 Å². The first kappa shape index (κ1) is 14.1. The zero-order valence-electron chi connectivity index (χ0n) is 12.6. The monoisotopic (exact) mass is 285 g/mol. The van der Waals surface area contributed by atoms with E-state index < -0.39 is 0 Å². The molecule has 1 aliphatic carbocycles. The second-order valence-electron chi connectivity index (χ2n) is 6.21. The standard InChI is InChI=1S/C17H23N3O/c1-13-5-4-6-14(11-13)19-17(21)9-10-20-12-18-15-7-2-3-8-16(15)20/h2-3,7-8,12-14H,4-6,9-11H2,1H3,(H,19,21). The number of rotatable bonds is 4. The number of benzene rings is 1. The van der Waals surface area contributed by atoms with Gasteiger partial charge in [0.25, 0.3) is 0 Å². The molecule has 2 atom stereocenters. The minimum Gasteiger partial charge on any atom is -0.353 e. The summed E-state index contributed by atoms with van der Waals surface area (Å²) in [6, 6.07) is 8.40. The fourth-order valence-corrected chi connectivity index (χ4v) is 3.28. The molecule has 1 aliphatic rings. The first-order chi connectivity index (χ1) is 10.2. The molecule has 1 amide bonds. The Morgan fingerprint density at radius 2 is 2.24 bits per heavy atom. The summed E-state index contributed by atoms with van der Waals surface area (Å²) in [5.74, 6) is 0.897. The summed E-state index contributed by atoms with van der Waals surface area (Å²) in [6.07, 6.45) is 7.13. The topological polar surface area (TPSA) is 46.9 Å². The van der Waals surface area contributed by atoms with Gasteiger partial charge in [-0.05, 0) is 30.9 Å². The smallest absolute Gasteiger partial charge is 0.222 e. The second-order valence-corrected chi connectivity index (χ2v) is 6.21. The maximum Gasteiger partial charge on any atom is 0.222 e. The number of hydrogen-bond acceptors (Lipinski definition) is 2. The molecule has 0 aliphatic heterocycles. The Hall–Kier alpha value is -1.84. The fraction of sp³-hybridized carbons (Fsp3) is 0.529. The summed E-state index contributed by atoms with van der Waals surface area (Å²) in [7, 11) is 0. The molecule has 1 aromatic carbocycles. The molecule has 4 heteroatoms. The van der Waals surface area contributed by atoms with Crippen LogP contribution in [0.15, 0.2) is 30.6 Å². The van der Waals surface area contributed by atoms with Crippen molar-refractivity contribution in [2.24, 2.45) is 5.92 Å². The number of nitrogens with one attached hydrogen (secondary N) is 1. The SMILES string of the molecule is CC1CCCC(NC(=O)CCn2cnc3ccccc32)C1. The van der Waals surface area contributed by atoms with E-state index in [1.165, 1.54) is 12.8 Å². The van der Waals surface area contributed by atoms with Gasteiger partial charge in [-0.3, -0.25) is 4.79 Å². The number of para-hydroxylation sites is 2. The normalized spacial score (nSPS) is 22.3. The highest BCUT2D eigenvalue weighted by atomic mass is 16.1. The van der Waals surface area contributed by atoms with Crippen molar-refractivity contribution in [3.05, 3.63) is 30.6 Å². The van der Waals surface area contributed by atoms with Gasteiger partial charge in [-0.1, -0.05) is 31.9 Å². The van der Waals surface area contributed by atoms with Crippen molar-refractivity contribution < 1.29 is 4.79 Å². The van der Waals surface area contributed by atoms with Gasteiger partial charge < -0.3 is 9.88 Å². The molecule has 1 fully saturated rings. The molecule has 1 saturated carbocycles. The van der Waals surface area contributed by atoms with Crippen molar-refractivity contribution >= 4 is 16.9 Å². The molecular weight excluding hydrogens is 262 g/mol. The van der Waals surface area contributed by atoms with Crippen LogP contribution >= 0.6 is 0 Å². The number of aryl methyl sites for hydroxylation is 1. The number of amides is 1. The third kappa shape index (κ3) is 3.43. The maximum absolute atomic E-state index is 12.1. The van der Waals surface area contributed by atoms with Gasteiger partial charge in [-0.2, -0.15) is 0 Å². The zero-order chi connectivity index (χ0) is 14.7. The van der Waals surface area contributed by atoms with Crippen LogP contribution in [0, 0.1) is 5.92 Å². The van der Waals surface area contributed by atoms with Crippen LogP contribution in [0.1, 0.15) is 39.0 Å². The van der Waals surface area contributed by atoms with Crippen molar-refractivity contribution in [1.82, 2.24) is 14.9 Å². The van der Waals surface area contributed by atoms with E-state index in [2.05, 4.69) is 21.8 Å². The highest BCUT2D eigenvalue weighted by Crippen LogP contribution is 2.23. The Labute approximate surface area is 125 Å². The van der Waals surface area contributed by atoms with Gasteiger partial charge in [-0.25, -0.2) is 4.98 Å².